The van der Waals surface area contributed by atoms with Crippen molar-refractivity contribution in [3.63, 3.8) is 0 Å². The van der Waals surface area contributed by atoms with E-state index in [2.05, 4.69) is 33.5 Å². The lowest BCUT2D eigenvalue weighted by atomic mass is 10.1. The number of amides is 3. The quantitative estimate of drug-likeness (QED) is 0.619. The average molecular weight is 472 g/mol. The van der Waals surface area contributed by atoms with E-state index in [0.29, 0.717) is 24.3 Å². The first-order valence-electron chi connectivity index (χ1n) is 10.1. The number of nitrogens with zero attached hydrogens (tertiary/aromatic N) is 1. The molecule has 1 aliphatic rings. The Morgan fingerprint density at radius 2 is 1.80 bits per heavy atom. The van der Waals surface area contributed by atoms with Crippen LogP contribution < -0.4 is 10.6 Å². The minimum Gasteiger partial charge on any atom is -0.342 e. The molecular weight excluding hydrogens is 446 g/mol. The molecule has 0 spiro atoms. The minimum atomic E-state index is -0.335. The first-order valence-corrected chi connectivity index (χ1v) is 10.9. The Labute approximate surface area is 185 Å². The molecule has 158 valence electrons. The van der Waals surface area contributed by atoms with Gasteiger partial charge >= 0.3 is 0 Å². The molecule has 1 aliphatic heterocycles. The second kappa shape index (κ2) is 9.89. The molecule has 7 heteroatoms. The fourth-order valence-corrected chi connectivity index (χ4v) is 3.63. The number of carbonyl (C=O) groups is 3. The van der Waals surface area contributed by atoms with E-state index in [-0.39, 0.29) is 30.1 Å². The molecule has 1 atom stereocenters. The van der Waals surface area contributed by atoms with Crippen molar-refractivity contribution < 1.29 is 14.4 Å². The highest BCUT2D eigenvalue weighted by Gasteiger charge is 2.33. The number of hydrogen-bond acceptors (Lipinski definition) is 3. The number of carbonyl (C=O) groups excluding carboxylic acids is 3. The topological polar surface area (TPSA) is 78.5 Å². The number of anilines is 2. The van der Waals surface area contributed by atoms with Gasteiger partial charge in [-0.2, -0.15) is 0 Å². The molecule has 0 radical (unpaired) electrons. The van der Waals surface area contributed by atoms with Crippen molar-refractivity contribution in [2.24, 2.45) is 5.92 Å². The molecule has 0 bridgehead atoms. The maximum atomic E-state index is 12.5. The van der Waals surface area contributed by atoms with E-state index in [1.54, 1.807) is 29.2 Å². The third kappa shape index (κ3) is 5.48. The highest BCUT2D eigenvalue weighted by Crippen LogP contribution is 2.22. The fourth-order valence-electron chi connectivity index (χ4n) is 3.39. The van der Waals surface area contributed by atoms with Crippen LogP contribution >= 0.6 is 15.9 Å². The lowest BCUT2D eigenvalue weighted by molar-refractivity contribution is -0.128. The van der Waals surface area contributed by atoms with Gasteiger partial charge in [-0.15, -0.1) is 0 Å². The van der Waals surface area contributed by atoms with E-state index in [1.165, 1.54) is 0 Å². The molecule has 2 N–H and O–H groups in total. The number of rotatable bonds is 7. The van der Waals surface area contributed by atoms with Crippen LogP contribution in [0, 0.1) is 12.8 Å². The third-order valence-corrected chi connectivity index (χ3v) is 6.09. The van der Waals surface area contributed by atoms with Crippen LogP contribution in [0.2, 0.25) is 0 Å². The Balaban J connectivity index is 1.56. The van der Waals surface area contributed by atoms with Crippen LogP contribution in [0.4, 0.5) is 11.4 Å². The SMILES string of the molecule is CCCCN1C[C@H](C(=O)Nc2ccc(C(=O)Nc3ccc(Br)c(C)c3)cc2)CC1=O. The lowest BCUT2D eigenvalue weighted by Gasteiger charge is -2.16. The summed E-state index contributed by atoms with van der Waals surface area (Å²) in [7, 11) is 0. The molecule has 6 nitrogen and oxygen atoms in total. The summed E-state index contributed by atoms with van der Waals surface area (Å²) in [4.78, 5) is 38.8. The van der Waals surface area contributed by atoms with Crippen LogP contribution in [-0.2, 0) is 9.59 Å². The van der Waals surface area contributed by atoms with E-state index in [4.69, 9.17) is 0 Å². The Bertz CT molecular complexity index is 943. The molecule has 2 aromatic rings. The summed E-state index contributed by atoms with van der Waals surface area (Å²) < 4.78 is 0.984. The number of hydrogen-bond donors (Lipinski definition) is 2. The molecular formula is C23H26BrN3O3. The number of unbranched alkanes of at least 4 members (excludes halogenated alkanes) is 1. The van der Waals surface area contributed by atoms with Gasteiger partial charge in [0.1, 0.15) is 0 Å². The summed E-state index contributed by atoms with van der Waals surface area (Å²) in [6.07, 6.45) is 2.22. The summed E-state index contributed by atoms with van der Waals surface area (Å²) in [5.41, 5.74) is 2.85. The Morgan fingerprint density at radius 3 is 2.47 bits per heavy atom. The second-order valence-electron chi connectivity index (χ2n) is 7.58. The van der Waals surface area contributed by atoms with Crippen LogP contribution in [0.25, 0.3) is 0 Å². The van der Waals surface area contributed by atoms with Crippen LogP contribution in [0.1, 0.15) is 42.1 Å². The van der Waals surface area contributed by atoms with E-state index in [1.807, 2.05) is 25.1 Å². The maximum absolute atomic E-state index is 12.5. The molecule has 0 unspecified atom stereocenters. The summed E-state index contributed by atoms with van der Waals surface area (Å²) in [6.45, 7) is 5.21. The Kier molecular flexibility index (Phi) is 7.26. The largest absolute Gasteiger partial charge is 0.342 e. The second-order valence-corrected chi connectivity index (χ2v) is 8.43. The van der Waals surface area contributed by atoms with E-state index >= 15 is 0 Å². The molecule has 0 aromatic heterocycles. The minimum absolute atomic E-state index is 0.0406. The zero-order valence-corrected chi connectivity index (χ0v) is 18.8. The molecule has 1 fully saturated rings. The van der Waals surface area contributed by atoms with Gasteiger partial charge in [0.05, 0.1) is 5.92 Å². The van der Waals surface area contributed by atoms with Crippen molar-refractivity contribution >= 4 is 45.0 Å². The van der Waals surface area contributed by atoms with E-state index in [0.717, 1.165) is 28.6 Å². The van der Waals surface area contributed by atoms with E-state index < -0.39 is 0 Å². The van der Waals surface area contributed by atoms with Gasteiger partial charge in [-0.25, -0.2) is 0 Å². The number of nitrogens with one attached hydrogen (secondary N) is 2. The van der Waals surface area contributed by atoms with Gasteiger partial charge < -0.3 is 15.5 Å². The van der Waals surface area contributed by atoms with Gasteiger partial charge in [0.2, 0.25) is 11.8 Å². The number of benzene rings is 2. The van der Waals surface area contributed by atoms with Gasteiger partial charge in [0.15, 0.2) is 0 Å². The zero-order chi connectivity index (χ0) is 21.7. The summed E-state index contributed by atoms with van der Waals surface area (Å²) in [5, 5.41) is 5.72. The predicted octanol–water partition coefficient (Wildman–Crippen LogP) is 4.60. The van der Waals surface area contributed by atoms with E-state index in [9.17, 15) is 14.4 Å². The van der Waals surface area contributed by atoms with Crippen molar-refractivity contribution in [3.8, 4) is 0 Å². The van der Waals surface area contributed by atoms with Gasteiger partial charge in [0, 0.05) is 40.9 Å². The Morgan fingerprint density at radius 1 is 1.10 bits per heavy atom. The number of aryl methyl sites for hydroxylation is 1. The predicted molar refractivity (Wildman–Crippen MR) is 121 cm³/mol. The van der Waals surface area contributed by atoms with Crippen molar-refractivity contribution in [2.45, 2.75) is 33.1 Å². The number of halogens is 1. The molecule has 0 saturated carbocycles. The molecule has 2 aromatic carbocycles. The van der Waals surface area contributed by atoms with Crippen LogP contribution in [0.15, 0.2) is 46.9 Å². The lowest BCUT2D eigenvalue weighted by Crippen LogP contribution is -2.29. The fraction of sp³-hybridized carbons (Fsp3) is 0.348. The smallest absolute Gasteiger partial charge is 0.255 e. The van der Waals surface area contributed by atoms with Crippen molar-refractivity contribution in [2.75, 3.05) is 23.7 Å². The third-order valence-electron chi connectivity index (χ3n) is 5.20. The molecule has 3 amide bonds. The first-order chi connectivity index (χ1) is 14.4. The van der Waals surface area contributed by atoms with Gasteiger partial charge in [0.25, 0.3) is 5.91 Å². The van der Waals surface area contributed by atoms with Crippen LogP contribution in [0.5, 0.6) is 0 Å². The highest BCUT2D eigenvalue weighted by atomic mass is 79.9. The van der Waals surface area contributed by atoms with Gasteiger partial charge in [-0.1, -0.05) is 29.3 Å². The monoisotopic (exact) mass is 471 g/mol. The van der Waals surface area contributed by atoms with Crippen LogP contribution in [-0.4, -0.2) is 35.7 Å². The normalized spacial score (nSPS) is 15.9. The van der Waals surface area contributed by atoms with Crippen molar-refractivity contribution in [1.82, 2.24) is 4.90 Å². The maximum Gasteiger partial charge on any atom is 0.255 e. The Hall–Kier alpha value is -2.67. The molecule has 1 heterocycles. The zero-order valence-electron chi connectivity index (χ0n) is 17.2. The summed E-state index contributed by atoms with van der Waals surface area (Å²) in [6, 6.07) is 12.4. The molecule has 1 saturated heterocycles. The molecule has 0 aliphatic carbocycles. The summed E-state index contributed by atoms with van der Waals surface area (Å²) >= 11 is 3.44. The number of likely N-dealkylation sites (tertiary alicyclic amines) is 1. The van der Waals surface area contributed by atoms with Crippen molar-refractivity contribution in [3.05, 3.63) is 58.1 Å². The average Bonchev–Trinajstić information content (AvgIpc) is 3.10. The molecule has 30 heavy (non-hydrogen) atoms. The van der Waals surface area contributed by atoms with Gasteiger partial charge in [-0.05, 0) is 61.4 Å². The standard InChI is InChI=1S/C23H26BrN3O3/c1-3-4-11-27-14-17(13-21(27)28)23(30)25-18-7-5-16(6-8-18)22(29)26-19-9-10-20(24)15(2)12-19/h5-10,12,17H,3-4,11,13-14H2,1-2H3,(H,25,30)(H,26,29)/t17-/m1/s1. The van der Waals surface area contributed by atoms with Crippen molar-refractivity contribution in [1.29, 1.82) is 0 Å². The molecule has 3 rings (SSSR count). The summed E-state index contributed by atoms with van der Waals surface area (Å²) in [5.74, 6) is -0.677. The highest BCUT2D eigenvalue weighted by molar-refractivity contribution is 9.10. The van der Waals surface area contributed by atoms with Crippen LogP contribution in [0.3, 0.4) is 0 Å². The van der Waals surface area contributed by atoms with Gasteiger partial charge in [-0.3, -0.25) is 14.4 Å². The first kappa shape index (κ1) is 22.0.